The number of fused-ring (bicyclic) bond motifs is 8. The second-order valence-electron chi connectivity index (χ2n) is 44.0. The molecule has 29 unspecified atom stereocenters. The van der Waals surface area contributed by atoms with Gasteiger partial charge in [-0.2, -0.15) is 0 Å². The van der Waals surface area contributed by atoms with Crippen LogP contribution in [-0.2, 0) is 136 Å². The quantitative estimate of drug-likeness (QED) is 0.177. The van der Waals surface area contributed by atoms with Crippen LogP contribution in [0.1, 0.15) is 330 Å². The largest absolute Gasteiger partial charge is 4.00 e. The molecule has 0 aromatic carbocycles. The van der Waals surface area contributed by atoms with E-state index in [2.05, 4.69) is 319 Å². The second-order valence-corrected chi connectivity index (χ2v) is 44.0. The molecule has 0 aromatic rings. The summed E-state index contributed by atoms with van der Waals surface area (Å²) in [6.45, 7) is 44.4. The SMILES string of the molecule is C1=CC2CCC(COCC3CCC4C=CC=CC43)C2C=C1.CC1C(C)C(C)C(C)C1C.CC1CC(C)C(C)C1C.CC1CC(C)C2C=CC=CC12.CC1CCC2C=CC=CC12.CCC1CCC2C=CC=CC21.CCC1CCC2C=CC=CC21.CCC1CCC2C=CC=CC21.CCC1CCC2C=CC=CC21.CCCC1CCCC1.CCCC1CCCC1.[CH3-].[CH3-].[CH3-].[CH3-].[CH3-].[CH3-].[CH3-].[CH3-].[CH3-].[CH3-].[CH3-].[CH3-].[CH3-].[CH3-].[CH3-].[CH3-].[CH3-].[CH3-].[CH3-].[CH3-].[Zr+4].[Zr+4].[Zr+4].[Zr+4].[Zr+4]. The summed E-state index contributed by atoms with van der Waals surface area (Å²) >= 11 is 0. The van der Waals surface area contributed by atoms with Gasteiger partial charge >= 0.3 is 131 Å². The summed E-state index contributed by atoms with van der Waals surface area (Å²) in [5.41, 5.74) is 0. The Bertz CT molecular complexity index is 3110. The first-order valence-corrected chi connectivity index (χ1v) is 53.2. The molecule has 0 bridgehead atoms. The monoisotopic (exact) mass is 2400 g/mol. The van der Waals surface area contributed by atoms with Crippen LogP contribution < -0.4 is 0 Å². The Hall–Kier alpha value is 0.216. The molecule has 146 heavy (non-hydrogen) atoms. The van der Waals surface area contributed by atoms with E-state index in [0.29, 0.717) is 0 Å². The molecule has 0 heterocycles. The van der Waals surface area contributed by atoms with Gasteiger partial charge in [0, 0.05) is 13.2 Å². The van der Waals surface area contributed by atoms with Crippen LogP contribution in [0.5, 0.6) is 0 Å². The molecule has 0 amide bonds. The normalized spacial score (nSPS) is 34.6. The summed E-state index contributed by atoms with van der Waals surface area (Å²) < 4.78 is 6.18. The molecule has 20 aliphatic rings. The summed E-state index contributed by atoms with van der Waals surface area (Å²) in [4.78, 5) is 0. The summed E-state index contributed by atoms with van der Waals surface area (Å²) in [7, 11) is 0. The Labute approximate surface area is 1020 Å². The Balaban J connectivity index is -0.0000000903. The molecule has 0 saturated heterocycles. The smallest absolute Gasteiger partial charge is 0.381 e. The minimum atomic E-state index is 0. The third kappa shape index (κ3) is 54.4. The Morgan fingerprint density at radius 2 is 0.356 bits per heavy atom. The Morgan fingerprint density at radius 1 is 0.178 bits per heavy atom. The summed E-state index contributed by atoms with van der Waals surface area (Å²) in [5, 5.41) is 0. The van der Waals surface area contributed by atoms with E-state index in [0.717, 1.165) is 226 Å². The van der Waals surface area contributed by atoms with Gasteiger partial charge in [-0.15, -0.1) is 0 Å². The van der Waals surface area contributed by atoms with Gasteiger partial charge in [0.1, 0.15) is 0 Å². The topological polar surface area (TPSA) is 9.23 Å². The van der Waals surface area contributed by atoms with Gasteiger partial charge in [0.25, 0.3) is 0 Å². The molecule has 0 spiro atoms. The van der Waals surface area contributed by atoms with Gasteiger partial charge in [0.2, 0.25) is 0 Å². The maximum atomic E-state index is 6.18. The average molecular weight is 2410 g/mol. The van der Waals surface area contributed by atoms with E-state index in [1.54, 1.807) is 0 Å². The van der Waals surface area contributed by atoms with Crippen molar-refractivity contribution in [3.63, 3.8) is 0 Å². The second kappa shape index (κ2) is 98.4. The van der Waals surface area contributed by atoms with Crippen LogP contribution in [0.25, 0.3) is 0 Å². The van der Waals surface area contributed by atoms with Crippen molar-refractivity contribution in [2.75, 3.05) is 13.2 Å². The van der Waals surface area contributed by atoms with Crippen molar-refractivity contribution < 1.29 is 136 Å². The molecule has 836 valence electrons. The molecule has 20 rings (SSSR count). The molecule has 6 heteroatoms. The minimum Gasteiger partial charge on any atom is -0.381 e. The molecule has 0 radical (unpaired) electrons. The zero-order chi connectivity index (χ0) is 86.2. The fourth-order valence-corrected chi connectivity index (χ4v) is 27.8. The molecular weight excluding hydrogens is 2150 g/mol. The fraction of sp³-hybridized carbons (Fsp3) is 0.629. The van der Waals surface area contributed by atoms with Gasteiger partial charge < -0.3 is 153 Å². The predicted octanol–water partition coefficient (Wildman–Crippen LogP) is 44.1. The van der Waals surface area contributed by atoms with Gasteiger partial charge in [0.15, 0.2) is 0 Å². The van der Waals surface area contributed by atoms with Gasteiger partial charge in [0.05, 0.1) is 0 Å². The Kier molecular flexibility index (Phi) is 123. The maximum Gasteiger partial charge on any atom is 4.00 e. The third-order valence-electron chi connectivity index (χ3n) is 37.1. The number of ether oxygens (including phenoxy) is 1. The van der Waals surface area contributed by atoms with Gasteiger partial charge in [-0.25, -0.2) is 0 Å². The van der Waals surface area contributed by atoms with Crippen LogP contribution in [-0.4, -0.2) is 13.2 Å². The summed E-state index contributed by atoms with van der Waals surface area (Å²) in [6, 6.07) is 0. The van der Waals surface area contributed by atoms with Crippen LogP contribution in [0.3, 0.4) is 0 Å². The van der Waals surface area contributed by atoms with Gasteiger partial charge in [-0.1, -0.05) is 422 Å². The van der Waals surface area contributed by atoms with E-state index in [4.69, 9.17) is 4.74 Å². The van der Waals surface area contributed by atoms with Crippen LogP contribution in [0, 0.1) is 362 Å². The number of hydrogen-bond donors (Lipinski definition) is 0. The first-order valence-electron chi connectivity index (χ1n) is 53.2. The summed E-state index contributed by atoms with van der Waals surface area (Å²) in [5.74, 6) is 32.4. The van der Waals surface area contributed by atoms with Crippen LogP contribution in [0.15, 0.2) is 194 Å². The molecule has 20 aliphatic carbocycles. The first-order chi connectivity index (χ1) is 58.8. The zero-order valence-corrected chi connectivity index (χ0v) is 116. The van der Waals surface area contributed by atoms with E-state index in [1.165, 1.54) is 205 Å². The van der Waals surface area contributed by atoms with Gasteiger partial charge in [-0.05, 0) is 316 Å². The van der Waals surface area contributed by atoms with Crippen molar-refractivity contribution in [2.45, 2.75) is 330 Å². The number of allylic oxidation sites excluding steroid dienone is 32. The van der Waals surface area contributed by atoms with E-state index in [-0.39, 0.29) is 280 Å². The molecule has 0 aliphatic heterocycles. The Morgan fingerprint density at radius 3 is 0.555 bits per heavy atom. The molecule has 0 N–H and O–H groups in total. The molecule has 0 aromatic heterocycles. The van der Waals surface area contributed by atoms with E-state index >= 15 is 0 Å². The molecular formula is C140H250OZr5. The maximum absolute atomic E-state index is 6.18. The van der Waals surface area contributed by atoms with Crippen molar-refractivity contribution in [1.29, 1.82) is 0 Å². The molecule has 12 fully saturated rings. The average Bonchev–Trinajstić information content (AvgIpc) is 1.67. The number of hydrogen-bond acceptors (Lipinski definition) is 1. The fourth-order valence-electron chi connectivity index (χ4n) is 27.8. The van der Waals surface area contributed by atoms with Crippen molar-refractivity contribution in [3.05, 3.63) is 343 Å². The zero-order valence-electron chi connectivity index (χ0n) is 104. The number of rotatable bonds is 12. The van der Waals surface area contributed by atoms with E-state index in [1.807, 2.05) is 0 Å². The van der Waals surface area contributed by atoms with E-state index < -0.39 is 0 Å². The predicted molar refractivity (Wildman–Crippen MR) is 661 cm³/mol. The molecule has 1 nitrogen and oxygen atoms in total. The van der Waals surface area contributed by atoms with Crippen LogP contribution in [0.2, 0.25) is 0 Å². The van der Waals surface area contributed by atoms with Crippen molar-refractivity contribution >= 4 is 0 Å². The summed E-state index contributed by atoms with van der Waals surface area (Å²) in [6.07, 6.45) is 120. The third-order valence-corrected chi connectivity index (χ3v) is 37.1. The molecule has 12 saturated carbocycles. The van der Waals surface area contributed by atoms with E-state index in [9.17, 15) is 0 Å². The first kappa shape index (κ1) is 182. The van der Waals surface area contributed by atoms with Crippen LogP contribution in [0.4, 0.5) is 0 Å². The standard InChI is InChI=1S/C20H26O.5C11H16.C10H14.C10H20.C9H18.2C8H16.20CH3.5Zr/c1-3-7-19-15(5-1)9-11-17(19)13-21-14-18-12-10-16-6-2-4-8-20(16)18;1-8-7-9(2)11-6-4-3-5-10(8)11;4*1-2-9-7-8-10-5-3-4-6-11(9)10;1-8-6-7-9-4-2-3-5-10(8)9;1-6-7(2)9(4)10(5)8(6)3;1-6-5-7(2)9(4)8(6)3;2*1-2-5-8-6-3-4-7-8;;;;;;;;;;;;;;;;;;;;;;;;;/h1-8,15-20H,9-14H2;3-6,8-11H,7H2,1-2H3;4*3-6,9-11H,2,7-8H2,1H3;2-5,8-10H,6-7H2,1H3;6-10H,1-5H3;6-9H,5H2,1-4H3;2*8H,2-7H2,1H3;20*1H3;;;;;/q;;;;;;;;;;;20*-1;5*+4. The van der Waals surface area contributed by atoms with Gasteiger partial charge in [-0.3, -0.25) is 0 Å². The van der Waals surface area contributed by atoms with Crippen molar-refractivity contribution in [1.82, 2.24) is 0 Å². The molecule has 29 atom stereocenters. The van der Waals surface area contributed by atoms with Crippen molar-refractivity contribution in [3.8, 4) is 0 Å². The van der Waals surface area contributed by atoms with Crippen LogP contribution >= 0.6 is 0 Å². The minimum absolute atomic E-state index is 0. The van der Waals surface area contributed by atoms with Crippen molar-refractivity contribution in [2.24, 2.45) is 213 Å².